The lowest BCUT2D eigenvalue weighted by atomic mass is 9.94. The first-order chi connectivity index (χ1) is 21.6. The highest BCUT2D eigenvalue weighted by Gasteiger charge is 2.31. The number of allylic oxidation sites excluding steroid dienone is 3. The molecular weight excluding hydrogens is 548 g/mol. The van der Waals surface area contributed by atoms with Crippen LogP contribution >= 0.6 is 0 Å². The third-order valence-corrected chi connectivity index (χ3v) is 8.38. The molecule has 3 N–H and O–H groups in total. The third kappa shape index (κ3) is 7.57. The molecule has 1 saturated heterocycles. The largest absolute Gasteiger partial charge is 0.352 e. The second kappa shape index (κ2) is 14.1. The zero-order chi connectivity index (χ0) is 30.1. The molecule has 8 nitrogen and oxygen atoms in total. The van der Waals surface area contributed by atoms with Gasteiger partial charge in [0.15, 0.2) is 0 Å². The zero-order valence-corrected chi connectivity index (χ0v) is 24.8. The van der Waals surface area contributed by atoms with Gasteiger partial charge in [0.05, 0.1) is 5.52 Å². The van der Waals surface area contributed by atoms with Crippen LogP contribution in [0.15, 0.2) is 108 Å². The lowest BCUT2D eigenvalue weighted by Crippen LogP contribution is -2.52. The quantitative estimate of drug-likeness (QED) is 0.229. The molecule has 44 heavy (non-hydrogen) atoms. The molecule has 224 valence electrons. The molecule has 2 atom stereocenters. The minimum Gasteiger partial charge on any atom is -0.352 e. The lowest BCUT2D eigenvalue weighted by molar-refractivity contribution is -0.123. The average molecular weight is 587 g/mol. The molecule has 2 amide bonds. The molecule has 8 heteroatoms. The fourth-order valence-electron chi connectivity index (χ4n) is 6.02. The summed E-state index contributed by atoms with van der Waals surface area (Å²) in [5.74, 6) is -0.0454. The number of amides is 2. The van der Waals surface area contributed by atoms with Gasteiger partial charge in [-0.2, -0.15) is 5.10 Å². The first-order valence-electron chi connectivity index (χ1n) is 15.3. The number of hydrogen-bond acceptors (Lipinski definition) is 5. The summed E-state index contributed by atoms with van der Waals surface area (Å²) in [6, 6.07) is 26.0. The third-order valence-electron chi connectivity index (χ3n) is 8.38. The van der Waals surface area contributed by atoms with E-state index in [4.69, 9.17) is 0 Å². The van der Waals surface area contributed by atoms with E-state index in [0.29, 0.717) is 31.5 Å². The van der Waals surface area contributed by atoms with Crippen LogP contribution in [-0.2, 0) is 24.3 Å². The second-order valence-electron chi connectivity index (χ2n) is 11.6. The van der Waals surface area contributed by atoms with Gasteiger partial charge in [-0.05, 0) is 53.8 Å². The number of likely N-dealkylation sites (tertiary alicyclic amines) is 1. The molecule has 0 saturated carbocycles. The predicted molar refractivity (Wildman–Crippen MR) is 174 cm³/mol. The predicted octanol–water partition coefficient (Wildman–Crippen LogP) is 5.49. The summed E-state index contributed by atoms with van der Waals surface area (Å²) in [5.41, 5.74) is 5.87. The van der Waals surface area contributed by atoms with Gasteiger partial charge < -0.3 is 10.6 Å². The van der Waals surface area contributed by atoms with Crippen molar-refractivity contribution >= 4 is 28.9 Å². The van der Waals surface area contributed by atoms with Crippen molar-refractivity contribution < 1.29 is 9.59 Å². The van der Waals surface area contributed by atoms with Crippen molar-refractivity contribution in [3.8, 4) is 0 Å². The number of nitrogens with zero attached hydrogens (tertiary/aromatic N) is 3. The molecule has 6 rings (SSSR count). The van der Waals surface area contributed by atoms with Gasteiger partial charge in [-0.3, -0.25) is 24.6 Å². The fraction of sp³-hybridized carbons (Fsp3) is 0.278. The maximum atomic E-state index is 13.5. The molecule has 1 fully saturated rings. The molecule has 0 spiro atoms. The van der Waals surface area contributed by atoms with Crippen LogP contribution in [0.5, 0.6) is 0 Å². The normalized spacial score (nSPS) is 18.5. The number of H-pyrrole nitrogens is 1. The highest BCUT2D eigenvalue weighted by atomic mass is 16.2. The molecule has 4 aromatic rings. The van der Waals surface area contributed by atoms with E-state index >= 15 is 0 Å². The molecule has 3 aromatic carbocycles. The summed E-state index contributed by atoms with van der Waals surface area (Å²) >= 11 is 0. The van der Waals surface area contributed by atoms with Crippen LogP contribution in [0, 0.1) is 0 Å². The number of aromatic amines is 1. The number of nitrogens with one attached hydrogen (secondary N) is 3. The maximum Gasteiger partial charge on any atom is 0.251 e. The average Bonchev–Trinajstić information content (AvgIpc) is 3.26. The second-order valence-corrected chi connectivity index (χ2v) is 11.6. The summed E-state index contributed by atoms with van der Waals surface area (Å²) in [5, 5.41) is 14.9. The number of hydrogen-bond donors (Lipinski definition) is 3. The maximum absolute atomic E-state index is 13.5. The Kier molecular flexibility index (Phi) is 9.38. The zero-order valence-electron chi connectivity index (χ0n) is 24.8. The van der Waals surface area contributed by atoms with Gasteiger partial charge in [0, 0.05) is 80.0 Å². The molecule has 2 aliphatic rings. The molecule has 1 aromatic heterocycles. The topological polar surface area (TPSA) is 102 Å². The van der Waals surface area contributed by atoms with E-state index in [0.717, 1.165) is 53.5 Å². The van der Waals surface area contributed by atoms with E-state index in [2.05, 4.69) is 48.9 Å². The summed E-state index contributed by atoms with van der Waals surface area (Å²) in [7, 11) is 0. The number of piperidine rings is 1. The monoisotopic (exact) mass is 586 g/mol. The minimum absolute atomic E-state index is 0.0179. The van der Waals surface area contributed by atoms with Crippen molar-refractivity contribution in [2.24, 2.45) is 4.99 Å². The Morgan fingerprint density at radius 1 is 0.955 bits per heavy atom. The van der Waals surface area contributed by atoms with Gasteiger partial charge in [-0.25, -0.2) is 0 Å². The van der Waals surface area contributed by atoms with Crippen molar-refractivity contribution in [2.45, 2.75) is 57.3 Å². The van der Waals surface area contributed by atoms with Crippen LogP contribution in [0.2, 0.25) is 0 Å². The smallest absolute Gasteiger partial charge is 0.251 e. The Hall–Kier alpha value is -4.82. The summed E-state index contributed by atoms with van der Waals surface area (Å²) < 4.78 is 0. The van der Waals surface area contributed by atoms with E-state index in [1.807, 2.05) is 85.2 Å². The summed E-state index contributed by atoms with van der Waals surface area (Å²) in [6.07, 6.45) is 11.4. The van der Waals surface area contributed by atoms with E-state index in [1.165, 1.54) is 5.56 Å². The van der Waals surface area contributed by atoms with Crippen molar-refractivity contribution in [3.63, 3.8) is 0 Å². The van der Waals surface area contributed by atoms with E-state index in [9.17, 15) is 9.59 Å². The van der Waals surface area contributed by atoms with Crippen LogP contribution < -0.4 is 10.6 Å². The van der Waals surface area contributed by atoms with Gasteiger partial charge in [0.1, 0.15) is 0 Å². The molecular formula is C36H38N6O2. The number of carbonyl (C=O) groups excluding carboxylic acids is 2. The number of carbonyl (C=O) groups is 2. The molecule has 3 heterocycles. The minimum atomic E-state index is -0.0928. The number of fused-ring (bicyclic) bond motifs is 1. The SMILES string of the molecule is O=C(C[C@@H]1CC[C@@H](NC(=O)c2ccc3n[nH]c(CC4=CCC=NC=C4)c3c2)CN1Cc1ccccc1)NCc1ccccc1. The first-order valence-corrected chi connectivity index (χ1v) is 15.3. The van der Waals surface area contributed by atoms with Crippen molar-refractivity contribution in [1.29, 1.82) is 0 Å². The van der Waals surface area contributed by atoms with Gasteiger partial charge in [-0.15, -0.1) is 0 Å². The molecule has 2 aliphatic heterocycles. The van der Waals surface area contributed by atoms with Crippen LogP contribution in [0.1, 0.15) is 52.9 Å². The molecule has 0 radical (unpaired) electrons. The number of aliphatic imine (C=N–C) groups is 1. The van der Waals surface area contributed by atoms with Crippen LogP contribution in [0.4, 0.5) is 0 Å². The van der Waals surface area contributed by atoms with Crippen molar-refractivity contribution in [1.82, 2.24) is 25.7 Å². The van der Waals surface area contributed by atoms with Gasteiger partial charge >= 0.3 is 0 Å². The Labute approximate surface area is 258 Å². The van der Waals surface area contributed by atoms with Crippen LogP contribution in [0.3, 0.4) is 0 Å². The van der Waals surface area contributed by atoms with E-state index in [-0.39, 0.29) is 23.9 Å². The Balaban J connectivity index is 1.11. The standard InChI is InChI=1S/C36H38N6O2/c43-35(38-23-27-8-3-1-4-9-27)22-31-15-14-30(25-42(31)24-28-10-5-2-6-11-28)39-36(44)29-13-16-33-32(21-29)34(41-40-33)20-26-12-7-18-37-19-17-26/h1-6,8-13,16-19,21,30-31H,7,14-15,20,22-25H2,(H,38,43)(H,39,44)(H,40,41)/t30-,31+/m1/s1. The van der Waals surface area contributed by atoms with Crippen LogP contribution in [-0.4, -0.2) is 51.8 Å². The number of aromatic nitrogens is 2. The highest BCUT2D eigenvalue weighted by Crippen LogP contribution is 2.25. The van der Waals surface area contributed by atoms with E-state index in [1.54, 1.807) is 0 Å². The van der Waals surface area contributed by atoms with Crippen LogP contribution in [0.25, 0.3) is 10.9 Å². The van der Waals surface area contributed by atoms with Gasteiger partial charge in [0.25, 0.3) is 5.91 Å². The highest BCUT2D eigenvalue weighted by molar-refractivity contribution is 5.98. The van der Waals surface area contributed by atoms with E-state index < -0.39 is 0 Å². The molecule has 0 bridgehead atoms. The number of benzene rings is 3. The summed E-state index contributed by atoms with van der Waals surface area (Å²) in [4.78, 5) is 33.0. The van der Waals surface area contributed by atoms with Crippen molar-refractivity contribution in [2.75, 3.05) is 6.54 Å². The Morgan fingerprint density at radius 3 is 2.57 bits per heavy atom. The first kappa shape index (κ1) is 29.3. The van der Waals surface area contributed by atoms with Crippen molar-refractivity contribution in [3.05, 3.63) is 125 Å². The Morgan fingerprint density at radius 2 is 1.75 bits per heavy atom. The fourth-order valence-corrected chi connectivity index (χ4v) is 6.02. The Bertz CT molecular complexity index is 1670. The summed E-state index contributed by atoms with van der Waals surface area (Å²) in [6.45, 7) is 1.93. The van der Waals surface area contributed by atoms with Gasteiger partial charge in [0.2, 0.25) is 5.91 Å². The lowest BCUT2D eigenvalue weighted by Gasteiger charge is -2.40. The van der Waals surface area contributed by atoms with Gasteiger partial charge in [-0.1, -0.05) is 66.7 Å². The number of rotatable bonds is 10. The molecule has 0 aliphatic carbocycles. The molecule has 0 unspecified atom stereocenters.